The molecule has 262 valence electrons. The molecule has 0 saturated heterocycles. The smallest absolute Gasteiger partial charge is 0.0588 e. The molecule has 1 aromatic heterocycles. The molecule has 0 atom stereocenters. The van der Waals surface area contributed by atoms with Crippen molar-refractivity contribution in [1.82, 2.24) is 4.57 Å². The molecule has 1 heterocycles. The Labute approximate surface area is 313 Å². The van der Waals surface area contributed by atoms with Crippen LogP contribution in [0.15, 0.2) is 151 Å². The van der Waals surface area contributed by atoms with Gasteiger partial charge in [-0.15, -0.1) is 0 Å². The molecule has 0 aliphatic heterocycles. The predicted molar refractivity (Wildman–Crippen MR) is 226 cm³/mol. The van der Waals surface area contributed by atoms with Crippen LogP contribution in [-0.2, 0) is 23.8 Å². The van der Waals surface area contributed by atoms with Gasteiger partial charge in [0.05, 0.1) is 11.0 Å². The third-order valence-corrected chi connectivity index (χ3v) is 11.5. The second kappa shape index (κ2) is 13.3. The van der Waals surface area contributed by atoms with Gasteiger partial charge in [0.2, 0.25) is 0 Å². The van der Waals surface area contributed by atoms with Gasteiger partial charge in [-0.2, -0.15) is 0 Å². The second-order valence-electron chi connectivity index (χ2n) is 15.6. The highest BCUT2D eigenvalue weighted by Gasteiger charge is 2.38. The fourth-order valence-corrected chi connectivity index (χ4v) is 8.88. The minimum absolute atomic E-state index is 0.0608. The van der Waals surface area contributed by atoms with E-state index in [1.165, 1.54) is 89.4 Å². The van der Waals surface area contributed by atoms with Crippen molar-refractivity contribution in [3.05, 3.63) is 185 Å². The first-order chi connectivity index (χ1) is 25.6. The molecule has 6 aromatic carbocycles. The summed E-state index contributed by atoms with van der Waals surface area (Å²) in [6, 6.07) is 46.5. The highest BCUT2D eigenvalue weighted by atomic mass is 15.0. The molecule has 2 aliphatic rings. The standard InChI is InChI=1S/C28H24N2.C22H23N/c1-28(2)24-9-5-3-7-20(24)22-15-16-23-21-8-4-6-10-25(21)30(27(23)26(22)28)19-13-11-18(17-29)12-14-19;1-16(8-6-7-13-23)14-17-11-12-19-18-9-4-5-10-20(18)22(2,3)21(19)15-17/h3-16H,17,29H2,1-2H3;4-13,15,23H,14H2,1-3H3/b;7-6-,16-8+,23-13?. The van der Waals surface area contributed by atoms with Crippen LogP contribution < -0.4 is 5.73 Å². The zero-order chi connectivity index (χ0) is 36.9. The number of nitrogens with one attached hydrogen (secondary N) is 1. The molecule has 0 fully saturated rings. The zero-order valence-electron chi connectivity index (χ0n) is 31.4. The quantitative estimate of drug-likeness (QED) is 0.133. The van der Waals surface area contributed by atoms with E-state index in [0.717, 1.165) is 12.0 Å². The summed E-state index contributed by atoms with van der Waals surface area (Å²) < 4.78 is 2.44. The number of hydrogen-bond donors (Lipinski definition) is 2. The maximum absolute atomic E-state index is 7.02. The van der Waals surface area contributed by atoms with Crippen molar-refractivity contribution < 1.29 is 0 Å². The molecule has 3 nitrogen and oxygen atoms in total. The summed E-state index contributed by atoms with van der Waals surface area (Å²) in [6.07, 6.45) is 8.00. The van der Waals surface area contributed by atoms with Crippen molar-refractivity contribution in [3.8, 4) is 27.9 Å². The van der Waals surface area contributed by atoms with Gasteiger partial charge in [0.25, 0.3) is 0 Å². The van der Waals surface area contributed by atoms with Crippen LogP contribution >= 0.6 is 0 Å². The van der Waals surface area contributed by atoms with Gasteiger partial charge >= 0.3 is 0 Å². The van der Waals surface area contributed by atoms with Crippen molar-refractivity contribution >= 4 is 28.0 Å². The molecule has 3 N–H and O–H groups in total. The van der Waals surface area contributed by atoms with Gasteiger partial charge < -0.3 is 15.7 Å². The van der Waals surface area contributed by atoms with E-state index in [9.17, 15) is 0 Å². The molecule has 3 heteroatoms. The number of nitrogens with two attached hydrogens (primary N) is 1. The summed E-state index contributed by atoms with van der Waals surface area (Å²) in [5.41, 5.74) is 24.5. The molecule has 0 unspecified atom stereocenters. The second-order valence-corrected chi connectivity index (χ2v) is 15.6. The Bertz CT molecular complexity index is 2590. The van der Waals surface area contributed by atoms with Crippen LogP contribution in [0.2, 0.25) is 0 Å². The molecule has 0 radical (unpaired) electrons. The Morgan fingerprint density at radius 2 is 1.23 bits per heavy atom. The molecule has 0 bridgehead atoms. The van der Waals surface area contributed by atoms with Gasteiger partial charge in [-0.25, -0.2) is 0 Å². The summed E-state index contributed by atoms with van der Waals surface area (Å²) in [4.78, 5) is 0. The van der Waals surface area contributed by atoms with Gasteiger partial charge in [-0.3, -0.25) is 0 Å². The predicted octanol–water partition coefficient (Wildman–Crippen LogP) is 12.2. The molecule has 7 aromatic rings. The van der Waals surface area contributed by atoms with Gasteiger partial charge in [-0.1, -0.05) is 155 Å². The lowest BCUT2D eigenvalue weighted by molar-refractivity contribution is 0.659. The molecule has 0 saturated carbocycles. The Balaban J connectivity index is 0.000000157. The van der Waals surface area contributed by atoms with Gasteiger partial charge in [0.15, 0.2) is 0 Å². The highest BCUT2D eigenvalue weighted by Crippen LogP contribution is 2.53. The molecule has 53 heavy (non-hydrogen) atoms. The number of rotatable bonds is 6. The average Bonchev–Trinajstić information content (AvgIpc) is 3.72. The first-order valence-electron chi connectivity index (χ1n) is 18.7. The zero-order valence-corrected chi connectivity index (χ0v) is 31.4. The molecule has 0 spiro atoms. The maximum atomic E-state index is 7.02. The van der Waals surface area contributed by atoms with Crippen LogP contribution in [0.5, 0.6) is 0 Å². The van der Waals surface area contributed by atoms with E-state index in [4.69, 9.17) is 11.1 Å². The Morgan fingerprint density at radius 1 is 0.623 bits per heavy atom. The van der Waals surface area contributed by atoms with Crippen LogP contribution in [0.25, 0.3) is 49.7 Å². The van der Waals surface area contributed by atoms with Crippen LogP contribution in [0.1, 0.15) is 68.0 Å². The van der Waals surface area contributed by atoms with E-state index in [2.05, 4.69) is 173 Å². The SMILES string of the molecule is C/C(=C\C=C/C=N)Cc1ccc2c(c1)C(C)(C)c1ccccc1-2.CC1(C)c2ccccc2-c2ccc3c4ccccc4n(-c4ccc(CN)cc4)c3c21. The normalized spacial score (nSPS) is 14.8. The Hall–Kier alpha value is -5.77. The third-order valence-electron chi connectivity index (χ3n) is 11.5. The summed E-state index contributed by atoms with van der Waals surface area (Å²) in [6.45, 7) is 12.0. The van der Waals surface area contributed by atoms with Crippen LogP contribution in [0, 0.1) is 5.41 Å². The van der Waals surface area contributed by atoms with Crippen LogP contribution in [-0.4, -0.2) is 10.8 Å². The fourth-order valence-electron chi connectivity index (χ4n) is 8.88. The van der Waals surface area contributed by atoms with Crippen molar-refractivity contribution in [2.75, 3.05) is 0 Å². The monoisotopic (exact) mass is 689 g/mol. The van der Waals surface area contributed by atoms with E-state index >= 15 is 0 Å². The lowest BCUT2D eigenvalue weighted by Crippen LogP contribution is -2.16. The first-order valence-corrected chi connectivity index (χ1v) is 18.7. The topological polar surface area (TPSA) is 54.8 Å². The summed E-state index contributed by atoms with van der Waals surface area (Å²) in [7, 11) is 0. The number of aromatic nitrogens is 1. The number of hydrogen-bond acceptors (Lipinski definition) is 2. The van der Waals surface area contributed by atoms with Gasteiger partial charge in [-0.05, 0) is 93.3 Å². The number of allylic oxidation sites excluding steroid dienone is 4. The fraction of sp³-hybridized carbons (Fsp3) is 0.180. The highest BCUT2D eigenvalue weighted by molar-refractivity contribution is 6.13. The van der Waals surface area contributed by atoms with E-state index in [1.807, 2.05) is 6.08 Å². The lowest BCUT2D eigenvalue weighted by atomic mass is 9.81. The molecule has 2 aliphatic carbocycles. The van der Waals surface area contributed by atoms with Gasteiger partial charge in [0, 0.05) is 40.0 Å². The maximum Gasteiger partial charge on any atom is 0.0588 e. The average molecular weight is 690 g/mol. The van der Waals surface area contributed by atoms with Crippen LogP contribution in [0.4, 0.5) is 0 Å². The van der Waals surface area contributed by atoms with E-state index in [0.29, 0.717) is 6.54 Å². The van der Waals surface area contributed by atoms with E-state index in [-0.39, 0.29) is 10.8 Å². The third kappa shape index (κ3) is 5.68. The van der Waals surface area contributed by atoms with Crippen molar-refractivity contribution in [2.45, 2.75) is 58.4 Å². The summed E-state index contributed by atoms with van der Waals surface area (Å²) in [5.74, 6) is 0. The number of fused-ring (bicyclic) bond motifs is 10. The Kier molecular flexibility index (Phi) is 8.63. The van der Waals surface area contributed by atoms with E-state index < -0.39 is 0 Å². The van der Waals surface area contributed by atoms with Crippen molar-refractivity contribution in [1.29, 1.82) is 5.41 Å². The lowest BCUT2D eigenvalue weighted by Gasteiger charge is -2.23. The molecule has 9 rings (SSSR count). The Morgan fingerprint density at radius 3 is 1.94 bits per heavy atom. The molecular formula is C50H47N3. The summed E-state index contributed by atoms with van der Waals surface area (Å²) in [5, 5.41) is 9.63. The number of nitrogens with zero attached hydrogens (tertiary/aromatic N) is 1. The van der Waals surface area contributed by atoms with Crippen molar-refractivity contribution in [3.63, 3.8) is 0 Å². The van der Waals surface area contributed by atoms with E-state index in [1.54, 1.807) is 6.08 Å². The largest absolute Gasteiger partial charge is 0.326 e. The van der Waals surface area contributed by atoms with Crippen LogP contribution in [0.3, 0.4) is 0 Å². The molecular weight excluding hydrogens is 643 g/mol. The van der Waals surface area contributed by atoms with Crippen molar-refractivity contribution in [2.24, 2.45) is 5.73 Å². The van der Waals surface area contributed by atoms with Gasteiger partial charge in [0.1, 0.15) is 0 Å². The summed E-state index contributed by atoms with van der Waals surface area (Å²) >= 11 is 0. The minimum Gasteiger partial charge on any atom is -0.326 e. The number of benzene rings is 6. The molecule has 0 amide bonds. The minimum atomic E-state index is -0.0608. The number of para-hydroxylation sites is 1. The first kappa shape index (κ1) is 34.3.